The molecular formula is C14H15NO3S2. The van der Waals surface area contributed by atoms with Crippen LogP contribution in [0, 0.1) is 0 Å². The highest BCUT2D eigenvalue weighted by atomic mass is 32.2. The van der Waals surface area contributed by atoms with Crippen LogP contribution in [0.1, 0.15) is 12.5 Å². The van der Waals surface area contributed by atoms with Crippen molar-refractivity contribution < 1.29 is 14.3 Å². The summed E-state index contributed by atoms with van der Waals surface area (Å²) in [5.41, 5.74) is 1.32. The number of ether oxygens (including phenoxy) is 2. The second-order valence-electron chi connectivity index (χ2n) is 3.84. The summed E-state index contributed by atoms with van der Waals surface area (Å²) in [6.45, 7) is 2.50. The molecule has 0 atom stereocenters. The number of methoxy groups -OCH3 is 1. The lowest BCUT2D eigenvalue weighted by Gasteiger charge is -2.09. The van der Waals surface area contributed by atoms with Crippen LogP contribution in [0.25, 0.3) is 6.08 Å². The van der Waals surface area contributed by atoms with Gasteiger partial charge in [-0.15, -0.1) is 11.8 Å². The normalized spacial score (nSPS) is 16.4. The number of hydrogen-bond acceptors (Lipinski definition) is 6. The molecule has 0 unspecified atom stereocenters. The van der Waals surface area contributed by atoms with Crippen LogP contribution in [-0.2, 0) is 4.79 Å². The monoisotopic (exact) mass is 309 g/mol. The third kappa shape index (κ3) is 3.37. The predicted octanol–water partition coefficient (Wildman–Crippen LogP) is 3.43. The standard InChI is InChI=1S/C14H15NO3S2/c1-4-18-11-6-5-9(8-12(11)17-2)7-10-13(16)20-14(15-10)19-3/h5-8H,4H2,1-3H3/b10-7+. The Bertz CT molecular complexity index is 582. The van der Waals surface area contributed by atoms with E-state index in [1.807, 2.05) is 31.4 Å². The van der Waals surface area contributed by atoms with E-state index in [0.717, 1.165) is 21.7 Å². The molecule has 2 rings (SSSR count). The zero-order valence-electron chi connectivity index (χ0n) is 11.5. The van der Waals surface area contributed by atoms with Gasteiger partial charge in [0, 0.05) is 0 Å². The molecular weight excluding hydrogens is 294 g/mol. The fourth-order valence-electron chi connectivity index (χ4n) is 1.68. The third-order valence-corrected chi connectivity index (χ3v) is 4.42. The fourth-order valence-corrected chi connectivity index (χ4v) is 2.95. The lowest BCUT2D eigenvalue weighted by atomic mass is 10.1. The molecule has 0 amide bonds. The molecule has 6 heteroatoms. The molecule has 0 aliphatic carbocycles. The van der Waals surface area contributed by atoms with E-state index in [1.165, 1.54) is 11.8 Å². The smallest absolute Gasteiger partial charge is 0.244 e. The number of rotatable bonds is 4. The van der Waals surface area contributed by atoms with Crippen molar-refractivity contribution in [3.63, 3.8) is 0 Å². The summed E-state index contributed by atoms with van der Waals surface area (Å²) in [5.74, 6) is 1.34. The van der Waals surface area contributed by atoms with Gasteiger partial charge in [0.05, 0.1) is 13.7 Å². The van der Waals surface area contributed by atoms with E-state index in [4.69, 9.17) is 9.47 Å². The van der Waals surface area contributed by atoms with Gasteiger partial charge in [-0.05, 0) is 48.7 Å². The third-order valence-electron chi connectivity index (χ3n) is 2.57. The molecule has 1 aliphatic heterocycles. The van der Waals surface area contributed by atoms with Crippen LogP contribution in [0.5, 0.6) is 11.5 Å². The predicted molar refractivity (Wildman–Crippen MR) is 85.7 cm³/mol. The summed E-state index contributed by atoms with van der Waals surface area (Å²) >= 11 is 2.64. The van der Waals surface area contributed by atoms with Crippen LogP contribution in [0.4, 0.5) is 0 Å². The Morgan fingerprint density at radius 3 is 2.80 bits per heavy atom. The van der Waals surface area contributed by atoms with Gasteiger partial charge in [-0.1, -0.05) is 6.07 Å². The van der Waals surface area contributed by atoms with Gasteiger partial charge in [0.15, 0.2) is 11.5 Å². The van der Waals surface area contributed by atoms with Gasteiger partial charge in [-0.3, -0.25) is 4.79 Å². The maximum absolute atomic E-state index is 11.8. The first-order chi connectivity index (χ1) is 9.67. The van der Waals surface area contributed by atoms with Crippen molar-refractivity contribution in [3.05, 3.63) is 29.5 Å². The Kier molecular flexibility index (Phi) is 5.14. The topological polar surface area (TPSA) is 47.9 Å². The van der Waals surface area contributed by atoms with Crippen molar-refractivity contribution in [2.75, 3.05) is 20.0 Å². The summed E-state index contributed by atoms with van der Waals surface area (Å²) in [5, 5.41) is -0.0257. The van der Waals surface area contributed by atoms with Gasteiger partial charge >= 0.3 is 0 Å². The second kappa shape index (κ2) is 6.85. The number of hydrogen-bond donors (Lipinski definition) is 0. The summed E-state index contributed by atoms with van der Waals surface area (Å²) in [7, 11) is 1.59. The Hall–Kier alpha value is -1.40. The zero-order valence-corrected chi connectivity index (χ0v) is 13.1. The first kappa shape index (κ1) is 15.0. The molecule has 0 N–H and O–H groups in total. The van der Waals surface area contributed by atoms with Crippen LogP contribution in [0.15, 0.2) is 28.9 Å². The van der Waals surface area contributed by atoms with E-state index >= 15 is 0 Å². The Balaban J connectivity index is 2.30. The molecule has 4 nitrogen and oxygen atoms in total. The summed E-state index contributed by atoms with van der Waals surface area (Å²) in [6, 6.07) is 5.55. The van der Waals surface area contributed by atoms with Crippen molar-refractivity contribution in [3.8, 4) is 11.5 Å². The molecule has 1 aromatic rings. The molecule has 0 aromatic heterocycles. The van der Waals surface area contributed by atoms with E-state index in [2.05, 4.69) is 4.99 Å². The molecule has 0 saturated heterocycles. The Labute approximate surface area is 126 Å². The highest BCUT2D eigenvalue weighted by molar-refractivity contribution is 8.45. The first-order valence-electron chi connectivity index (χ1n) is 6.05. The number of carbonyl (C=O) groups excluding carboxylic acids is 1. The minimum absolute atomic E-state index is 0.0257. The van der Waals surface area contributed by atoms with Crippen molar-refractivity contribution in [2.24, 2.45) is 4.99 Å². The van der Waals surface area contributed by atoms with Crippen LogP contribution in [-0.4, -0.2) is 29.5 Å². The van der Waals surface area contributed by atoms with E-state index in [0.29, 0.717) is 23.8 Å². The van der Waals surface area contributed by atoms with Crippen LogP contribution in [0.3, 0.4) is 0 Å². The van der Waals surface area contributed by atoms with Crippen LogP contribution >= 0.6 is 23.5 Å². The van der Waals surface area contributed by atoms with Gasteiger partial charge in [-0.2, -0.15) is 0 Å². The maximum atomic E-state index is 11.8. The van der Waals surface area contributed by atoms with Gasteiger partial charge < -0.3 is 9.47 Å². The second-order valence-corrected chi connectivity index (χ2v) is 5.86. The average molecular weight is 309 g/mol. The Morgan fingerprint density at radius 1 is 1.40 bits per heavy atom. The van der Waals surface area contributed by atoms with Crippen molar-refractivity contribution in [2.45, 2.75) is 6.92 Å². The number of carbonyl (C=O) groups is 1. The lowest BCUT2D eigenvalue weighted by Crippen LogP contribution is -1.95. The SMILES string of the molecule is CCOc1ccc(/C=C2/N=C(SC)SC2=O)cc1OC. The fraction of sp³-hybridized carbons (Fsp3) is 0.286. The summed E-state index contributed by atoms with van der Waals surface area (Å²) in [4.78, 5) is 16.1. The quantitative estimate of drug-likeness (QED) is 0.798. The number of benzene rings is 1. The first-order valence-corrected chi connectivity index (χ1v) is 8.09. The molecule has 20 heavy (non-hydrogen) atoms. The van der Waals surface area contributed by atoms with E-state index in [1.54, 1.807) is 13.2 Å². The van der Waals surface area contributed by atoms with E-state index < -0.39 is 0 Å². The molecule has 0 fully saturated rings. The molecule has 0 bridgehead atoms. The van der Waals surface area contributed by atoms with Gasteiger partial charge in [0.2, 0.25) is 5.12 Å². The molecule has 1 heterocycles. The minimum atomic E-state index is -0.0257. The molecule has 106 valence electrons. The highest BCUT2D eigenvalue weighted by Gasteiger charge is 2.21. The van der Waals surface area contributed by atoms with Gasteiger partial charge in [0.1, 0.15) is 10.1 Å². The minimum Gasteiger partial charge on any atom is -0.493 e. The van der Waals surface area contributed by atoms with E-state index in [-0.39, 0.29) is 5.12 Å². The number of thioether (sulfide) groups is 2. The Morgan fingerprint density at radius 2 is 2.20 bits per heavy atom. The van der Waals surface area contributed by atoms with Crippen molar-refractivity contribution in [1.82, 2.24) is 0 Å². The molecule has 0 spiro atoms. The molecule has 1 aromatic carbocycles. The highest BCUT2D eigenvalue weighted by Crippen LogP contribution is 2.32. The molecule has 0 radical (unpaired) electrons. The van der Waals surface area contributed by atoms with E-state index in [9.17, 15) is 4.79 Å². The number of aliphatic imine (C=N–C) groups is 1. The molecule has 1 aliphatic rings. The average Bonchev–Trinajstić information content (AvgIpc) is 2.81. The summed E-state index contributed by atoms with van der Waals surface area (Å²) in [6.07, 6.45) is 3.67. The zero-order chi connectivity index (χ0) is 14.5. The van der Waals surface area contributed by atoms with Crippen molar-refractivity contribution in [1.29, 1.82) is 0 Å². The maximum Gasteiger partial charge on any atom is 0.244 e. The van der Waals surface area contributed by atoms with Gasteiger partial charge in [0.25, 0.3) is 0 Å². The van der Waals surface area contributed by atoms with Crippen LogP contribution in [0.2, 0.25) is 0 Å². The molecule has 0 saturated carbocycles. The lowest BCUT2D eigenvalue weighted by molar-refractivity contribution is -0.107. The largest absolute Gasteiger partial charge is 0.493 e. The number of nitrogens with zero attached hydrogens (tertiary/aromatic N) is 1. The van der Waals surface area contributed by atoms with Crippen molar-refractivity contribution >= 4 is 39.1 Å². The summed E-state index contributed by atoms with van der Waals surface area (Å²) < 4.78 is 11.5. The van der Waals surface area contributed by atoms with Crippen LogP contribution < -0.4 is 9.47 Å². The van der Waals surface area contributed by atoms with Gasteiger partial charge in [-0.25, -0.2) is 4.99 Å².